The lowest BCUT2D eigenvalue weighted by Gasteiger charge is -2.41. The average Bonchev–Trinajstić information content (AvgIpc) is 2.81. The predicted octanol–water partition coefficient (Wildman–Crippen LogP) is 3.77. The minimum atomic E-state index is -0.764. The number of nitro benzene ring substituents is 1. The van der Waals surface area contributed by atoms with Crippen LogP contribution in [0.4, 0.5) is 5.69 Å². The summed E-state index contributed by atoms with van der Waals surface area (Å²) in [6, 6.07) is 4.59. The molecule has 1 N–H and O–H groups in total. The number of nitrogens with zero attached hydrogens (tertiary/aromatic N) is 3. The quantitative estimate of drug-likeness (QED) is 0.298. The van der Waals surface area contributed by atoms with Gasteiger partial charge in [0.2, 0.25) is 11.8 Å². The van der Waals surface area contributed by atoms with Gasteiger partial charge >= 0.3 is 0 Å². The molecule has 188 valence electrons. The van der Waals surface area contributed by atoms with Crippen LogP contribution in [0.25, 0.3) is 0 Å². The third-order valence-electron chi connectivity index (χ3n) is 6.29. The van der Waals surface area contributed by atoms with Gasteiger partial charge in [-0.1, -0.05) is 52.5 Å². The van der Waals surface area contributed by atoms with Crippen molar-refractivity contribution in [3.05, 3.63) is 39.9 Å². The molecule has 1 aromatic rings. The van der Waals surface area contributed by atoms with Crippen molar-refractivity contribution >= 4 is 23.4 Å². The Morgan fingerprint density at radius 1 is 1.15 bits per heavy atom. The van der Waals surface area contributed by atoms with Crippen molar-refractivity contribution in [1.29, 1.82) is 0 Å². The summed E-state index contributed by atoms with van der Waals surface area (Å²) in [7, 11) is 0. The molecule has 0 saturated carbocycles. The molecule has 0 radical (unpaired) electrons. The van der Waals surface area contributed by atoms with Crippen LogP contribution in [0, 0.1) is 16.0 Å². The first kappa shape index (κ1) is 27.3. The molecule has 1 aliphatic heterocycles. The summed E-state index contributed by atoms with van der Waals surface area (Å²) in [5, 5.41) is 13.8. The Hall–Kier alpha value is -2.97. The third-order valence-corrected chi connectivity index (χ3v) is 6.29. The predicted molar refractivity (Wildman–Crippen MR) is 130 cm³/mol. The Bertz CT molecular complexity index is 873. The Labute approximate surface area is 202 Å². The lowest BCUT2D eigenvalue weighted by molar-refractivity contribution is -0.384. The van der Waals surface area contributed by atoms with Gasteiger partial charge in [-0.3, -0.25) is 24.5 Å². The van der Waals surface area contributed by atoms with Crippen LogP contribution in [-0.2, 0) is 9.59 Å². The molecule has 1 saturated heterocycles. The summed E-state index contributed by atoms with van der Waals surface area (Å²) in [5.74, 6) is -0.767. The molecule has 1 aliphatic rings. The van der Waals surface area contributed by atoms with Gasteiger partial charge < -0.3 is 15.1 Å². The number of rotatable bonds is 11. The van der Waals surface area contributed by atoms with E-state index in [-0.39, 0.29) is 35.0 Å². The molecule has 9 heteroatoms. The molecule has 0 unspecified atom stereocenters. The minimum Gasteiger partial charge on any atom is -0.340 e. The van der Waals surface area contributed by atoms with E-state index >= 15 is 0 Å². The number of hydrogen-bond acceptors (Lipinski definition) is 5. The van der Waals surface area contributed by atoms with E-state index in [1.54, 1.807) is 4.90 Å². The highest BCUT2D eigenvalue weighted by molar-refractivity contribution is 5.98. The van der Waals surface area contributed by atoms with Crippen molar-refractivity contribution in [1.82, 2.24) is 15.1 Å². The summed E-state index contributed by atoms with van der Waals surface area (Å²) < 4.78 is 0. The number of amides is 3. The molecule has 2 atom stereocenters. The van der Waals surface area contributed by atoms with Gasteiger partial charge in [-0.15, -0.1) is 0 Å². The van der Waals surface area contributed by atoms with Crippen LogP contribution in [0.15, 0.2) is 24.3 Å². The zero-order valence-electron chi connectivity index (χ0n) is 20.8. The van der Waals surface area contributed by atoms with Gasteiger partial charge in [0.1, 0.15) is 6.04 Å². The summed E-state index contributed by atoms with van der Waals surface area (Å²) in [5.41, 5.74) is -0.0459. The van der Waals surface area contributed by atoms with Gasteiger partial charge in [0.05, 0.1) is 4.92 Å². The second-order valence-corrected chi connectivity index (χ2v) is 9.39. The van der Waals surface area contributed by atoms with E-state index in [0.717, 1.165) is 19.3 Å². The summed E-state index contributed by atoms with van der Waals surface area (Å²) in [6.45, 7) is 9.11. The topological polar surface area (TPSA) is 113 Å². The van der Waals surface area contributed by atoms with Gasteiger partial charge in [-0.25, -0.2) is 0 Å². The van der Waals surface area contributed by atoms with E-state index in [4.69, 9.17) is 0 Å². The number of non-ortho nitro benzene ring substituents is 1. The lowest BCUT2D eigenvalue weighted by Crippen LogP contribution is -2.59. The van der Waals surface area contributed by atoms with Crippen LogP contribution in [0.5, 0.6) is 0 Å². The normalized spacial score (nSPS) is 16.9. The standard InChI is InChI=1S/C25H38N4O5/c1-5-6-7-8-9-13-22(30)28-15-14-27(17-19(28)4)25(32)23(18(2)3)26-24(31)20-11-10-12-21(16-20)29(33)34/h10-12,16,18-19,23H,5-9,13-15,17H2,1-4H3,(H,26,31)/t19-,23+/m0/s1. The van der Waals surface area contributed by atoms with E-state index in [1.165, 1.54) is 37.1 Å². The highest BCUT2D eigenvalue weighted by Gasteiger charge is 2.34. The number of nitro groups is 1. The molecule has 3 amide bonds. The van der Waals surface area contributed by atoms with Crippen molar-refractivity contribution in [3.8, 4) is 0 Å². The van der Waals surface area contributed by atoms with E-state index in [1.807, 2.05) is 25.7 Å². The van der Waals surface area contributed by atoms with Crippen LogP contribution in [-0.4, -0.2) is 64.2 Å². The van der Waals surface area contributed by atoms with E-state index in [2.05, 4.69) is 12.2 Å². The van der Waals surface area contributed by atoms with Crippen molar-refractivity contribution in [2.24, 2.45) is 5.92 Å². The number of nitrogens with one attached hydrogen (secondary N) is 1. The molecule has 1 heterocycles. The Morgan fingerprint density at radius 2 is 1.85 bits per heavy atom. The van der Waals surface area contributed by atoms with Crippen molar-refractivity contribution in [2.45, 2.75) is 78.3 Å². The zero-order valence-corrected chi connectivity index (χ0v) is 20.8. The van der Waals surface area contributed by atoms with E-state index in [0.29, 0.717) is 26.1 Å². The van der Waals surface area contributed by atoms with Gasteiger partial charge in [-0.05, 0) is 25.3 Å². The van der Waals surface area contributed by atoms with Gasteiger partial charge in [-0.2, -0.15) is 0 Å². The molecule has 0 spiro atoms. The number of unbranched alkanes of at least 4 members (excludes halogenated alkanes) is 4. The number of benzene rings is 1. The number of piperazine rings is 1. The highest BCUT2D eigenvalue weighted by Crippen LogP contribution is 2.18. The maximum atomic E-state index is 13.3. The second kappa shape index (κ2) is 13.1. The average molecular weight is 475 g/mol. The molecule has 1 fully saturated rings. The largest absolute Gasteiger partial charge is 0.340 e. The molecule has 1 aromatic carbocycles. The van der Waals surface area contributed by atoms with Crippen LogP contribution in [0.1, 0.15) is 76.6 Å². The zero-order chi connectivity index (χ0) is 25.3. The minimum absolute atomic E-state index is 0.0962. The van der Waals surface area contributed by atoms with E-state index in [9.17, 15) is 24.5 Å². The van der Waals surface area contributed by atoms with Crippen LogP contribution in [0.2, 0.25) is 0 Å². The number of hydrogen-bond donors (Lipinski definition) is 1. The SMILES string of the molecule is CCCCCCCC(=O)N1CCN(C(=O)[C@H](NC(=O)c2cccc([N+](=O)[O-])c2)C(C)C)C[C@@H]1C. The third kappa shape index (κ3) is 7.53. The second-order valence-electron chi connectivity index (χ2n) is 9.39. The fourth-order valence-electron chi connectivity index (χ4n) is 4.25. The molecular formula is C25H38N4O5. The smallest absolute Gasteiger partial charge is 0.270 e. The molecule has 0 aliphatic carbocycles. The fourth-order valence-corrected chi connectivity index (χ4v) is 4.25. The fraction of sp³-hybridized carbons (Fsp3) is 0.640. The Morgan fingerprint density at radius 3 is 2.47 bits per heavy atom. The maximum absolute atomic E-state index is 13.3. The monoisotopic (exact) mass is 474 g/mol. The first-order valence-corrected chi connectivity index (χ1v) is 12.3. The maximum Gasteiger partial charge on any atom is 0.270 e. The summed E-state index contributed by atoms with van der Waals surface area (Å²) >= 11 is 0. The molecule has 9 nitrogen and oxygen atoms in total. The van der Waals surface area contributed by atoms with Crippen LogP contribution < -0.4 is 5.32 Å². The molecule has 0 aromatic heterocycles. The molecule has 0 bridgehead atoms. The number of carbonyl (C=O) groups excluding carboxylic acids is 3. The highest BCUT2D eigenvalue weighted by atomic mass is 16.6. The Kier molecular flexibility index (Phi) is 10.5. The number of carbonyl (C=O) groups is 3. The van der Waals surface area contributed by atoms with Gasteiger partial charge in [0.25, 0.3) is 11.6 Å². The molecule has 2 rings (SSSR count). The molecule has 34 heavy (non-hydrogen) atoms. The molecular weight excluding hydrogens is 436 g/mol. The first-order valence-electron chi connectivity index (χ1n) is 12.3. The lowest BCUT2D eigenvalue weighted by atomic mass is 10.0. The summed E-state index contributed by atoms with van der Waals surface area (Å²) in [6.07, 6.45) is 6.01. The van der Waals surface area contributed by atoms with E-state index < -0.39 is 16.9 Å². The van der Waals surface area contributed by atoms with Crippen LogP contribution >= 0.6 is 0 Å². The van der Waals surface area contributed by atoms with Gasteiger partial charge in [0, 0.05) is 49.8 Å². The summed E-state index contributed by atoms with van der Waals surface area (Å²) in [4.78, 5) is 52.7. The van der Waals surface area contributed by atoms with Gasteiger partial charge in [0.15, 0.2) is 0 Å². The van der Waals surface area contributed by atoms with Crippen molar-refractivity contribution < 1.29 is 19.3 Å². The first-order chi connectivity index (χ1) is 16.1. The Balaban J connectivity index is 1.96. The van der Waals surface area contributed by atoms with Crippen molar-refractivity contribution in [2.75, 3.05) is 19.6 Å². The van der Waals surface area contributed by atoms with Crippen molar-refractivity contribution in [3.63, 3.8) is 0 Å². The van der Waals surface area contributed by atoms with Crippen LogP contribution in [0.3, 0.4) is 0 Å².